The number of para-hydroxylation sites is 1. The normalized spacial score (nSPS) is 14.7. The molecule has 1 aliphatic carbocycles. The second kappa shape index (κ2) is 9.86. The van der Waals surface area contributed by atoms with Crippen LogP contribution < -0.4 is 16.8 Å². The first-order chi connectivity index (χ1) is 17.4. The number of benzene rings is 1. The molecule has 0 aliphatic heterocycles. The fourth-order valence-corrected chi connectivity index (χ4v) is 5.49. The molecule has 1 saturated carbocycles. The molecular weight excluding hydrogens is 480 g/mol. The maximum Gasteiger partial charge on any atom is 0.270 e. The molecule has 1 fully saturated rings. The Morgan fingerprint density at radius 1 is 1.19 bits per heavy atom. The van der Waals surface area contributed by atoms with Gasteiger partial charge < -0.3 is 31.1 Å². The number of H-pyrrole nitrogens is 1. The molecule has 3 amide bonds. The molecule has 4 aromatic rings. The number of nitrogens with zero attached hydrogens (tertiary/aromatic N) is 2. The molecular formula is C25H26N6O4S. The highest BCUT2D eigenvalue weighted by molar-refractivity contribution is 7.09. The van der Waals surface area contributed by atoms with E-state index in [9.17, 15) is 14.4 Å². The summed E-state index contributed by atoms with van der Waals surface area (Å²) in [6.45, 7) is -0.00264. The predicted octanol–water partition coefficient (Wildman–Crippen LogP) is 3.34. The lowest BCUT2D eigenvalue weighted by atomic mass is 10.0. The van der Waals surface area contributed by atoms with Crippen LogP contribution in [0.3, 0.4) is 0 Å². The Morgan fingerprint density at radius 2 is 1.97 bits per heavy atom. The molecule has 0 bridgehead atoms. The third-order valence-electron chi connectivity index (χ3n) is 6.50. The van der Waals surface area contributed by atoms with Gasteiger partial charge in [-0.05, 0) is 42.6 Å². The molecule has 10 nitrogen and oxygen atoms in total. The zero-order chi connectivity index (χ0) is 25.2. The monoisotopic (exact) mass is 506 g/mol. The van der Waals surface area contributed by atoms with Crippen LogP contribution in [0.1, 0.15) is 63.2 Å². The second-order valence-corrected chi connectivity index (χ2v) is 9.61. The number of carbonyl (C=O) groups is 3. The molecule has 0 spiro atoms. The average Bonchev–Trinajstić information content (AvgIpc) is 3.66. The number of hydrogen-bond donors (Lipinski definition) is 4. The van der Waals surface area contributed by atoms with Gasteiger partial charge in [0, 0.05) is 28.7 Å². The fourth-order valence-electron chi connectivity index (χ4n) is 4.73. The lowest BCUT2D eigenvalue weighted by molar-refractivity contribution is -0.126. The van der Waals surface area contributed by atoms with Crippen molar-refractivity contribution < 1.29 is 18.8 Å². The molecule has 11 heteroatoms. The number of furan rings is 1. The van der Waals surface area contributed by atoms with E-state index in [1.54, 1.807) is 18.3 Å². The van der Waals surface area contributed by atoms with Crippen molar-refractivity contribution >= 4 is 45.8 Å². The van der Waals surface area contributed by atoms with Crippen molar-refractivity contribution in [1.82, 2.24) is 19.6 Å². The summed E-state index contributed by atoms with van der Waals surface area (Å²) >= 11 is 0.779. The van der Waals surface area contributed by atoms with Gasteiger partial charge in [-0.2, -0.15) is 4.37 Å². The number of rotatable bonds is 8. The number of nitrogen functional groups attached to an aromatic ring is 1. The van der Waals surface area contributed by atoms with Gasteiger partial charge in [0.05, 0.1) is 18.5 Å². The lowest BCUT2D eigenvalue weighted by Gasteiger charge is -2.31. The summed E-state index contributed by atoms with van der Waals surface area (Å²) < 4.78 is 9.52. The summed E-state index contributed by atoms with van der Waals surface area (Å²) in [6.07, 6.45) is 7.13. The minimum absolute atomic E-state index is 0.00264. The summed E-state index contributed by atoms with van der Waals surface area (Å²) in [4.78, 5) is 44.2. The summed E-state index contributed by atoms with van der Waals surface area (Å²) in [5.74, 6) is -1.19. The number of carbonyl (C=O) groups excluding carboxylic acids is 3. The van der Waals surface area contributed by atoms with E-state index < -0.39 is 17.9 Å². The Balaban J connectivity index is 1.62. The third-order valence-corrected chi connectivity index (χ3v) is 7.35. The molecule has 3 aromatic heterocycles. The van der Waals surface area contributed by atoms with Gasteiger partial charge in [-0.15, -0.1) is 0 Å². The van der Waals surface area contributed by atoms with Gasteiger partial charge in [0.15, 0.2) is 5.69 Å². The molecule has 6 N–H and O–H groups in total. The van der Waals surface area contributed by atoms with Crippen LogP contribution in [-0.2, 0) is 11.3 Å². The summed E-state index contributed by atoms with van der Waals surface area (Å²) in [5, 5.41) is 3.96. The molecule has 186 valence electrons. The molecule has 0 radical (unpaired) electrons. The van der Waals surface area contributed by atoms with E-state index in [-0.39, 0.29) is 34.8 Å². The Bertz CT molecular complexity index is 1400. The van der Waals surface area contributed by atoms with Crippen LogP contribution in [0.25, 0.3) is 10.9 Å². The number of aromatic amines is 1. The first-order valence-corrected chi connectivity index (χ1v) is 12.5. The average molecular weight is 507 g/mol. The van der Waals surface area contributed by atoms with Crippen LogP contribution >= 0.6 is 11.5 Å². The molecule has 5 rings (SSSR count). The van der Waals surface area contributed by atoms with Crippen molar-refractivity contribution in [2.75, 3.05) is 5.73 Å². The SMILES string of the molecule is NC(=O)c1nsc(C(=O)N(Cc2ccco2)C(C(=O)NC2CCCC2)c2c[nH]c3ccccc23)c1N. The minimum Gasteiger partial charge on any atom is -0.467 e. The van der Waals surface area contributed by atoms with Gasteiger partial charge in [0.2, 0.25) is 5.91 Å². The van der Waals surface area contributed by atoms with Gasteiger partial charge in [0.1, 0.15) is 16.7 Å². The van der Waals surface area contributed by atoms with Crippen LogP contribution in [0.5, 0.6) is 0 Å². The zero-order valence-electron chi connectivity index (χ0n) is 19.4. The smallest absolute Gasteiger partial charge is 0.270 e. The second-order valence-electron chi connectivity index (χ2n) is 8.83. The molecule has 0 saturated heterocycles. The van der Waals surface area contributed by atoms with Gasteiger partial charge in [-0.1, -0.05) is 31.0 Å². The quantitative estimate of drug-likeness (QED) is 0.287. The van der Waals surface area contributed by atoms with Gasteiger partial charge in [0.25, 0.3) is 11.8 Å². The maximum atomic E-state index is 14.0. The molecule has 1 aromatic carbocycles. The first kappa shape index (κ1) is 23.6. The summed E-state index contributed by atoms with van der Waals surface area (Å²) in [5.41, 5.74) is 12.7. The Labute approximate surface area is 210 Å². The minimum atomic E-state index is -1.00. The fraction of sp³-hybridized carbons (Fsp3) is 0.280. The first-order valence-electron chi connectivity index (χ1n) is 11.7. The van der Waals surface area contributed by atoms with E-state index in [0.717, 1.165) is 48.1 Å². The van der Waals surface area contributed by atoms with Crippen LogP contribution in [-0.4, -0.2) is 38.0 Å². The van der Waals surface area contributed by atoms with Crippen molar-refractivity contribution in [2.45, 2.75) is 44.3 Å². The van der Waals surface area contributed by atoms with Gasteiger partial charge in [-0.25, -0.2) is 0 Å². The standard InChI is InChI=1S/C25H26N6O4S/c26-19-20(23(27)32)30-36-22(19)25(34)31(13-15-8-5-11-35-15)21(24(33)29-14-6-1-2-7-14)17-12-28-18-10-4-3-9-16(17)18/h3-5,8-12,14,21,28H,1-2,6-7,13,26H2,(H2,27,32)(H,29,33). The highest BCUT2D eigenvalue weighted by Crippen LogP contribution is 2.34. The summed E-state index contributed by atoms with van der Waals surface area (Å²) in [7, 11) is 0. The summed E-state index contributed by atoms with van der Waals surface area (Å²) in [6, 6.07) is 10.1. The number of nitrogens with one attached hydrogen (secondary N) is 2. The number of nitrogens with two attached hydrogens (primary N) is 2. The number of amides is 3. The van der Waals surface area contributed by atoms with Crippen molar-refractivity contribution in [1.29, 1.82) is 0 Å². The lowest BCUT2D eigenvalue weighted by Crippen LogP contribution is -2.45. The highest BCUT2D eigenvalue weighted by Gasteiger charge is 2.37. The molecule has 3 heterocycles. The van der Waals surface area contributed by atoms with Gasteiger partial charge >= 0.3 is 0 Å². The van der Waals surface area contributed by atoms with E-state index in [2.05, 4.69) is 14.7 Å². The van der Waals surface area contributed by atoms with E-state index in [4.69, 9.17) is 15.9 Å². The van der Waals surface area contributed by atoms with Crippen LogP contribution in [0.15, 0.2) is 53.3 Å². The van der Waals surface area contributed by atoms with Crippen molar-refractivity contribution in [2.24, 2.45) is 5.73 Å². The number of fused-ring (bicyclic) bond motifs is 1. The van der Waals surface area contributed by atoms with E-state index >= 15 is 0 Å². The number of aromatic nitrogens is 2. The van der Waals surface area contributed by atoms with E-state index in [1.165, 1.54) is 11.2 Å². The van der Waals surface area contributed by atoms with Crippen LogP contribution in [0, 0.1) is 0 Å². The highest BCUT2D eigenvalue weighted by atomic mass is 32.1. The van der Waals surface area contributed by atoms with Crippen LogP contribution in [0.2, 0.25) is 0 Å². The predicted molar refractivity (Wildman–Crippen MR) is 135 cm³/mol. The number of hydrogen-bond acceptors (Lipinski definition) is 7. The molecule has 1 aliphatic rings. The van der Waals surface area contributed by atoms with E-state index in [0.29, 0.717) is 11.3 Å². The van der Waals surface area contributed by atoms with Crippen LogP contribution in [0.4, 0.5) is 5.69 Å². The topological polar surface area (TPSA) is 160 Å². The van der Waals surface area contributed by atoms with Crippen molar-refractivity contribution in [3.8, 4) is 0 Å². The maximum absolute atomic E-state index is 14.0. The Hall–Kier alpha value is -4.12. The Morgan fingerprint density at radius 3 is 2.67 bits per heavy atom. The van der Waals surface area contributed by atoms with Gasteiger partial charge in [-0.3, -0.25) is 14.4 Å². The molecule has 1 unspecified atom stereocenters. The van der Waals surface area contributed by atoms with Crippen molar-refractivity contribution in [3.63, 3.8) is 0 Å². The van der Waals surface area contributed by atoms with Crippen molar-refractivity contribution in [3.05, 3.63) is 70.8 Å². The molecule has 36 heavy (non-hydrogen) atoms. The van der Waals surface area contributed by atoms with E-state index in [1.807, 2.05) is 24.3 Å². The zero-order valence-corrected chi connectivity index (χ0v) is 20.2. The number of anilines is 1. The largest absolute Gasteiger partial charge is 0.467 e. The Kier molecular flexibility index (Phi) is 6.47. The molecule has 1 atom stereocenters. The number of primary amides is 1. The third kappa shape index (κ3) is 4.44.